The van der Waals surface area contributed by atoms with Crippen LogP contribution in [0.4, 0.5) is 0 Å². The van der Waals surface area contributed by atoms with E-state index >= 15 is 0 Å². The van der Waals surface area contributed by atoms with Gasteiger partial charge in [-0.2, -0.15) is 0 Å². The SMILES string of the molecule is Cc1cccc(C(=O)NCC(O)CN2CCCC2)c1C. The van der Waals surface area contributed by atoms with Crippen molar-refractivity contribution < 1.29 is 9.90 Å². The van der Waals surface area contributed by atoms with E-state index in [1.807, 2.05) is 32.0 Å². The Morgan fingerprint density at radius 1 is 1.35 bits per heavy atom. The molecule has 1 amide bonds. The van der Waals surface area contributed by atoms with Crippen LogP contribution < -0.4 is 5.32 Å². The minimum absolute atomic E-state index is 0.105. The summed E-state index contributed by atoms with van der Waals surface area (Å²) in [7, 11) is 0. The number of β-amino-alcohol motifs (C(OH)–C–C–N with tert-alkyl or cyclic N) is 1. The van der Waals surface area contributed by atoms with Crippen LogP contribution in [0.25, 0.3) is 0 Å². The molecule has 0 aromatic heterocycles. The zero-order valence-electron chi connectivity index (χ0n) is 12.4. The first-order valence-electron chi connectivity index (χ1n) is 7.33. The molecule has 0 aliphatic carbocycles. The van der Waals surface area contributed by atoms with Gasteiger partial charge in [0, 0.05) is 18.7 Å². The summed E-state index contributed by atoms with van der Waals surface area (Å²) in [5.41, 5.74) is 2.80. The largest absolute Gasteiger partial charge is 0.390 e. The molecule has 2 N–H and O–H groups in total. The second kappa shape index (κ2) is 6.86. The van der Waals surface area contributed by atoms with Crippen molar-refractivity contribution in [3.05, 3.63) is 34.9 Å². The van der Waals surface area contributed by atoms with E-state index in [0.717, 1.165) is 24.2 Å². The Bertz CT molecular complexity index is 468. The molecule has 1 aromatic rings. The fourth-order valence-corrected chi connectivity index (χ4v) is 2.63. The lowest BCUT2D eigenvalue weighted by atomic mass is 10.0. The number of aliphatic hydroxyl groups excluding tert-OH is 1. The van der Waals surface area contributed by atoms with Crippen molar-refractivity contribution in [2.45, 2.75) is 32.8 Å². The molecule has 1 atom stereocenters. The predicted molar refractivity (Wildman–Crippen MR) is 79.9 cm³/mol. The minimum Gasteiger partial charge on any atom is -0.390 e. The number of carbonyl (C=O) groups is 1. The molecular weight excluding hydrogens is 252 g/mol. The van der Waals surface area contributed by atoms with Crippen LogP contribution in [0, 0.1) is 13.8 Å². The number of carbonyl (C=O) groups excluding carboxylic acids is 1. The first kappa shape index (κ1) is 15.0. The van der Waals surface area contributed by atoms with Gasteiger partial charge in [-0.3, -0.25) is 4.79 Å². The van der Waals surface area contributed by atoms with Crippen LogP contribution in [0.2, 0.25) is 0 Å². The second-order valence-corrected chi connectivity index (χ2v) is 5.62. The van der Waals surface area contributed by atoms with Crippen molar-refractivity contribution in [1.29, 1.82) is 0 Å². The molecule has 0 bridgehead atoms. The molecule has 0 saturated carbocycles. The summed E-state index contributed by atoms with van der Waals surface area (Å²) in [6.45, 7) is 7.01. The molecule has 1 fully saturated rings. The number of amides is 1. The highest BCUT2D eigenvalue weighted by atomic mass is 16.3. The second-order valence-electron chi connectivity index (χ2n) is 5.62. The zero-order chi connectivity index (χ0) is 14.5. The van der Waals surface area contributed by atoms with E-state index in [9.17, 15) is 9.90 Å². The van der Waals surface area contributed by atoms with E-state index in [2.05, 4.69) is 10.2 Å². The summed E-state index contributed by atoms with van der Waals surface area (Å²) in [6.07, 6.45) is 1.92. The fourth-order valence-electron chi connectivity index (χ4n) is 2.63. The lowest BCUT2D eigenvalue weighted by Gasteiger charge is -2.19. The highest BCUT2D eigenvalue weighted by molar-refractivity contribution is 5.95. The number of nitrogens with one attached hydrogen (secondary N) is 1. The molecule has 4 nitrogen and oxygen atoms in total. The van der Waals surface area contributed by atoms with E-state index in [0.29, 0.717) is 18.7 Å². The van der Waals surface area contributed by atoms with E-state index < -0.39 is 6.10 Å². The fraction of sp³-hybridized carbons (Fsp3) is 0.562. The summed E-state index contributed by atoms with van der Waals surface area (Å²) < 4.78 is 0. The van der Waals surface area contributed by atoms with Crippen molar-refractivity contribution in [2.75, 3.05) is 26.2 Å². The Kier molecular flexibility index (Phi) is 5.15. The Morgan fingerprint density at radius 2 is 2.05 bits per heavy atom. The number of aliphatic hydroxyl groups is 1. The van der Waals surface area contributed by atoms with Gasteiger partial charge in [0.05, 0.1) is 6.10 Å². The summed E-state index contributed by atoms with van der Waals surface area (Å²) in [6, 6.07) is 5.71. The lowest BCUT2D eigenvalue weighted by molar-refractivity contribution is 0.0879. The predicted octanol–water partition coefficient (Wildman–Crippen LogP) is 1.49. The molecule has 1 aliphatic rings. The number of rotatable bonds is 5. The third-order valence-corrected chi connectivity index (χ3v) is 4.02. The molecule has 0 spiro atoms. The Balaban J connectivity index is 1.83. The molecular formula is C16H24N2O2. The minimum atomic E-state index is -0.498. The van der Waals surface area contributed by atoms with E-state index in [-0.39, 0.29) is 5.91 Å². The molecule has 1 aromatic carbocycles. The maximum absolute atomic E-state index is 12.1. The molecule has 2 rings (SSSR count). The van der Waals surface area contributed by atoms with Crippen molar-refractivity contribution in [2.24, 2.45) is 0 Å². The van der Waals surface area contributed by atoms with Gasteiger partial charge in [-0.1, -0.05) is 12.1 Å². The van der Waals surface area contributed by atoms with E-state index in [1.165, 1.54) is 12.8 Å². The van der Waals surface area contributed by atoms with Crippen molar-refractivity contribution in [3.8, 4) is 0 Å². The van der Waals surface area contributed by atoms with Crippen LogP contribution in [0.5, 0.6) is 0 Å². The third-order valence-electron chi connectivity index (χ3n) is 4.02. The first-order valence-corrected chi connectivity index (χ1v) is 7.33. The molecule has 0 radical (unpaired) electrons. The van der Waals surface area contributed by atoms with Crippen LogP contribution in [-0.4, -0.2) is 48.2 Å². The maximum Gasteiger partial charge on any atom is 0.251 e. The molecule has 1 aliphatic heterocycles. The highest BCUT2D eigenvalue weighted by Gasteiger charge is 2.17. The molecule has 1 heterocycles. The van der Waals surface area contributed by atoms with Gasteiger partial charge in [-0.15, -0.1) is 0 Å². The van der Waals surface area contributed by atoms with Crippen molar-refractivity contribution >= 4 is 5.91 Å². The molecule has 110 valence electrons. The zero-order valence-corrected chi connectivity index (χ0v) is 12.4. The number of benzene rings is 1. The van der Waals surface area contributed by atoms with Gasteiger partial charge >= 0.3 is 0 Å². The van der Waals surface area contributed by atoms with E-state index in [4.69, 9.17) is 0 Å². The summed E-state index contributed by atoms with van der Waals surface area (Å²) in [4.78, 5) is 14.4. The summed E-state index contributed by atoms with van der Waals surface area (Å²) in [5, 5.41) is 12.8. The van der Waals surface area contributed by atoms with Crippen LogP contribution >= 0.6 is 0 Å². The number of hydrogen-bond donors (Lipinski definition) is 2. The monoisotopic (exact) mass is 276 g/mol. The van der Waals surface area contributed by atoms with Gasteiger partial charge in [0.1, 0.15) is 0 Å². The van der Waals surface area contributed by atoms with E-state index in [1.54, 1.807) is 0 Å². The van der Waals surface area contributed by atoms with Gasteiger partial charge in [0.25, 0.3) is 5.91 Å². The van der Waals surface area contributed by atoms with Crippen LogP contribution in [-0.2, 0) is 0 Å². The molecule has 4 heteroatoms. The number of likely N-dealkylation sites (tertiary alicyclic amines) is 1. The quantitative estimate of drug-likeness (QED) is 0.856. The topological polar surface area (TPSA) is 52.6 Å². The average Bonchev–Trinajstić information content (AvgIpc) is 2.92. The number of hydrogen-bond acceptors (Lipinski definition) is 3. The molecule has 20 heavy (non-hydrogen) atoms. The third kappa shape index (κ3) is 3.81. The van der Waals surface area contributed by atoms with Gasteiger partial charge in [-0.05, 0) is 57.0 Å². The van der Waals surface area contributed by atoms with Gasteiger partial charge in [0.2, 0.25) is 0 Å². The van der Waals surface area contributed by atoms with Gasteiger partial charge < -0.3 is 15.3 Å². The number of nitrogens with zero attached hydrogens (tertiary/aromatic N) is 1. The van der Waals surface area contributed by atoms with Crippen LogP contribution in [0.3, 0.4) is 0 Å². The maximum atomic E-state index is 12.1. The van der Waals surface area contributed by atoms with Crippen LogP contribution in [0.1, 0.15) is 34.3 Å². The average molecular weight is 276 g/mol. The first-order chi connectivity index (χ1) is 9.58. The Labute approximate surface area is 120 Å². The summed E-state index contributed by atoms with van der Waals surface area (Å²) >= 11 is 0. The van der Waals surface area contributed by atoms with Crippen LogP contribution in [0.15, 0.2) is 18.2 Å². The summed E-state index contributed by atoms with van der Waals surface area (Å²) in [5.74, 6) is -0.105. The smallest absolute Gasteiger partial charge is 0.251 e. The standard InChI is InChI=1S/C16H24N2O2/c1-12-6-5-7-15(13(12)2)16(20)17-10-14(19)11-18-8-3-4-9-18/h5-7,14,19H,3-4,8-11H2,1-2H3,(H,17,20). The highest BCUT2D eigenvalue weighted by Crippen LogP contribution is 2.12. The van der Waals surface area contributed by atoms with Gasteiger partial charge in [0.15, 0.2) is 0 Å². The Hall–Kier alpha value is -1.39. The molecule has 1 unspecified atom stereocenters. The lowest BCUT2D eigenvalue weighted by Crippen LogP contribution is -2.39. The normalized spacial score (nSPS) is 17.1. The number of aryl methyl sites for hydroxylation is 1. The van der Waals surface area contributed by atoms with Crippen molar-refractivity contribution in [3.63, 3.8) is 0 Å². The molecule has 1 saturated heterocycles. The van der Waals surface area contributed by atoms with Gasteiger partial charge in [-0.25, -0.2) is 0 Å². The van der Waals surface area contributed by atoms with Crippen molar-refractivity contribution in [1.82, 2.24) is 10.2 Å². The Morgan fingerprint density at radius 3 is 2.75 bits per heavy atom.